The lowest BCUT2D eigenvalue weighted by atomic mass is 10.0. The number of imidazole rings is 2. The number of carbonyl (C=O) groups excluding carboxylic acids is 4. The Balaban J connectivity index is 1.02. The molecule has 2 aromatic carbocycles. The summed E-state index contributed by atoms with van der Waals surface area (Å²) in [6, 6.07) is 14.1. The van der Waals surface area contributed by atoms with Gasteiger partial charge in [-0.25, -0.2) is 19.6 Å². The van der Waals surface area contributed by atoms with E-state index < -0.39 is 36.1 Å². The number of rotatable bonds is 10. The van der Waals surface area contributed by atoms with Gasteiger partial charge in [-0.15, -0.1) is 0 Å². The Hall–Kier alpha value is -5.74. The van der Waals surface area contributed by atoms with E-state index >= 15 is 0 Å². The molecule has 3 aliphatic rings. The fourth-order valence-electron chi connectivity index (χ4n) is 7.75. The van der Waals surface area contributed by atoms with Crippen molar-refractivity contribution in [3.8, 4) is 33.6 Å². The quantitative estimate of drug-likeness (QED) is 0.172. The highest BCUT2D eigenvalue weighted by Gasteiger charge is 2.52. The Bertz CT molecular complexity index is 2040. The van der Waals surface area contributed by atoms with E-state index in [4.69, 9.17) is 14.2 Å². The lowest BCUT2D eigenvalue weighted by Gasteiger charge is -2.30. The first-order chi connectivity index (χ1) is 27.0. The third kappa shape index (κ3) is 7.84. The summed E-state index contributed by atoms with van der Waals surface area (Å²) in [4.78, 5) is 70.4. The first-order valence-electron chi connectivity index (χ1n) is 18.9. The van der Waals surface area contributed by atoms with Gasteiger partial charge in [0.25, 0.3) is 0 Å². The van der Waals surface area contributed by atoms with Gasteiger partial charge in [0.1, 0.15) is 23.7 Å². The summed E-state index contributed by atoms with van der Waals surface area (Å²) < 4.78 is 21.3. The molecule has 296 valence electrons. The summed E-state index contributed by atoms with van der Waals surface area (Å²) in [6.07, 6.45) is 4.24. The van der Waals surface area contributed by atoms with E-state index in [1.807, 2.05) is 50.2 Å². The van der Waals surface area contributed by atoms with Gasteiger partial charge in [-0.1, -0.05) is 62.4 Å². The standard InChI is InChI=1S/C40H48N8O8/c1-23(2)33(46-39(52)54-5)37(50)47-16-6-7-31(47)34-41-20-29(44-34)27-12-8-25(9-13-27)26-10-14-28(15-11-26)30-21-42-35(45-30)32-19-40(55-17-18-56-40)22-48(32)36(49)24(3)43-38(51)53-4/h8-15,20-21,23-24,31-33H,6-7,16-19,22H2,1-5H3,(H,41,44)(H,42,45)(H,43,51)(H,46,52)/t24?,31-,32-,33-/m0/s1. The maximum atomic E-state index is 13.5. The molecule has 0 saturated carbocycles. The van der Waals surface area contributed by atoms with Crippen LogP contribution >= 0.6 is 0 Å². The number of nitrogens with one attached hydrogen (secondary N) is 4. The normalized spacial score (nSPS) is 20.0. The van der Waals surface area contributed by atoms with Crippen LogP contribution in [0.3, 0.4) is 0 Å². The molecular formula is C40H48N8O8. The number of methoxy groups -OCH3 is 2. The van der Waals surface area contributed by atoms with Crippen LogP contribution in [-0.2, 0) is 28.5 Å². The molecule has 56 heavy (non-hydrogen) atoms. The Morgan fingerprint density at radius 1 is 0.750 bits per heavy atom. The van der Waals surface area contributed by atoms with Gasteiger partial charge in [0.2, 0.25) is 11.8 Å². The second-order valence-corrected chi connectivity index (χ2v) is 14.7. The highest BCUT2D eigenvalue weighted by atomic mass is 16.7. The van der Waals surface area contributed by atoms with Crippen LogP contribution in [0.1, 0.15) is 63.8 Å². The zero-order valence-corrected chi connectivity index (χ0v) is 32.2. The van der Waals surface area contributed by atoms with E-state index in [-0.39, 0.29) is 30.3 Å². The molecule has 5 heterocycles. The topological polar surface area (TPSA) is 193 Å². The number of H-pyrrole nitrogens is 2. The molecule has 7 rings (SSSR count). The second-order valence-electron chi connectivity index (χ2n) is 14.7. The van der Waals surface area contributed by atoms with E-state index in [0.717, 1.165) is 46.5 Å². The molecule has 16 heteroatoms. The number of hydrogen-bond acceptors (Lipinski definition) is 10. The van der Waals surface area contributed by atoms with Gasteiger partial charge in [0.15, 0.2) is 5.79 Å². The third-order valence-electron chi connectivity index (χ3n) is 10.8. The minimum absolute atomic E-state index is 0.111. The van der Waals surface area contributed by atoms with Crippen LogP contribution in [0, 0.1) is 5.92 Å². The van der Waals surface area contributed by atoms with Crippen molar-refractivity contribution in [2.75, 3.05) is 40.5 Å². The predicted molar refractivity (Wildman–Crippen MR) is 204 cm³/mol. The second kappa shape index (κ2) is 16.2. The average Bonchev–Trinajstić information content (AvgIpc) is 4.07. The van der Waals surface area contributed by atoms with Crippen molar-refractivity contribution in [3.63, 3.8) is 0 Å². The van der Waals surface area contributed by atoms with Gasteiger partial charge in [-0.3, -0.25) is 9.59 Å². The van der Waals surface area contributed by atoms with Crippen LogP contribution in [0.5, 0.6) is 0 Å². The summed E-state index contributed by atoms with van der Waals surface area (Å²) in [7, 11) is 2.54. The van der Waals surface area contributed by atoms with Crippen molar-refractivity contribution < 1.29 is 38.1 Å². The van der Waals surface area contributed by atoms with Crippen LogP contribution in [0.4, 0.5) is 9.59 Å². The Labute approximate surface area is 324 Å². The fraction of sp³-hybridized carbons (Fsp3) is 0.450. The largest absolute Gasteiger partial charge is 0.453 e. The van der Waals surface area contributed by atoms with E-state index in [1.165, 1.54) is 14.2 Å². The summed E-state index contributed by atoms with van der Waals surface area (Å²) in [5.74, 6) is -0.166. The van der Waals surface area contributed by atoms with Gasteiger partial charge in [0, 0.05) is 13.0 Å². The van der Waals surface area contributed by atoms with E-state index in [1.54, 1.807) is 29.1 Å². The van der Waals surface area contributed by atoms with Gasteiger partial charge in [-0.2, -0.15) is 0 Å². The predicted octanol–water partition coefficient (Wildman–Crippen LogP) is 4.94. The molecule has 4 N–H and O–H groups in total. The fourth-order valence-corrected chi connectivity index (χ4v) is 7.75. The number of nitrogens with zero attached hydrogens (tertiary/aromatic N) is 4. The molecule has 4 amide bonds. The number of likely N-dealkylation sites (tertiary alicyclic amines) is 2. The number of hydrogen-bond donors (Lipinski definition) is 4. The van der Waals surface area contributed by atoms with Gasteiger partial charge < -0.3 is 49.3 Å². The molecule has 0 radical (unpaired) electrons. The zero-order chi connectivity index (χ0) is 39.6. The molecule has 2 aromatic heterocycles. The smallest absolute Gasteiger partial charge is 0.407 e. The van der Waals surface area contributed by atoms with Crippen molar-refractivity contribution in [2.45, 2.75) is 70.0 Å². The molecule has 1 spiro atoms. The maximum absolute atomic E-state index is 13.5. The minimum Gasteiger partial charge on any atom is -0.453 e. The van der Waals surface area contributed by atoms with Crippen molar-refractivity contribution >= 4 is 24.0 Å². The summed E-state index contributed by atoms with van der Waals surface area (Å²) in [6.45, 7) is 7.08. The van der Waals surface area contributed by atoms with Gasteiger partial charge >= 0.3 is 12.2 Å². The van der Waals surface area contributed by atoms with E-state index in [9.17, 15) is 19.2 Å². The molecule has 3 saturated heterocycles. The molecule has 3 fully saturated rings. The van der Waals surface area contributed by atoms with Crippen molar-refractivity contribution in [1.29, 1.82) is 0 Å². The maximum Gasteiger partial charge on any atom is 0.407 e. The number of aromatic amines is 2. The number of ether oxygens (including phenoxy) is 4. The van der Waals surface area contributed by atoms with Crippen LogP contribution in [0.15, 0.2) is 60.9 Å². The first-order valence-corrected chi connectivity index (χ1v) is 18.9. The molecule has 0 bridgehead atoms. The first kappa shape index (κ1) is 38.5. The lowest BCUT2D eigenvalue weighted by molar-refractivity contribution is -0.153. The number of aromatic nitrogens is 4. The number of benzene rings is 2. The van der Waals surface area contributed by atoms with Crippen LogP contribution in [0.2, 0.25) is 0 Å². The van der Waals surface area contributed by atoms with Crippen molar-refractivity contribution in [2.24, 2.45) is 5.92 Å². The molecule has 4 atom stereocenters. The third-order valence-corrected chi connectivity index (χ3v) is 10.8. The Morgan fingerprint density at radius 3 is 1.80 bits per heavy atom. The van der Waals surface area contributed by atoms with Gasteiger partial charge in [-0.05, 0) is 47.9 Å². The Kier molecular flexibility index (Phi) is 11.1. The van der Waals surface area contributed by atoms with Crippen molar-refractivity contribution in [3.05, 3.63) is 72.6 Å². The summed E-state index contributed by atoms with van der Waals surface area (Å²) in [5, 5.41) is 5.24. The molecule has 0 aliphatic carbocycles. The number of carbonyl (C=O) groups is 4. The SMILES string of the molecule is COC(=O)NC(C)C(=O)N1CC2(C[C@H]1c1ncc(-c3ccc(-c4ccc(-c5cnc([C@@H]6CCCN6C(=O)[C@@H](NC(=O)OC)C(C)C)[nH]5)cc4)cc3)[nH]1)OCCO2. The zero-order valence-electron chi connectivity index (χ0n) is 32.2. The Morgan fingerprint density at radius 2 is 1.27 bits per heavy atom. The van der Waals surface area contributed by atoms with Crippen LogP contribution in [-0.4, -0.2) is 112 Å². The average molecular weight is 769 g/mol. The van der Waals surface area contributed by atoms with E-state index in [2.05, 4.69) is 47.4 Å². The van der Waals surface area contributed by atoms with Crippen molar-refractivity contribution in [1.82, 2.24) is 40.4 Å². The minimum atomic E-state index is -0.921. The molecule has 1 unspecified atom stereocenters. The summed E-state index contributed by atoms with van der Waals surface area (Å²) >= 11 is 0. The number of alkyl carbamates (subject to hydrolysis) is 2. The number of amides is 4. The van der Waals surface area contributed by atoms with E-state index in [0.29, 0.717) is 37.8 Å². The highest BCUT2D eigenvalue weighted by Crippen LogP contribution is 2.42. The van der Waals surface area contributed by atoms with Crippen LogP contribution in [0.25, 0.3) is 33.6 Å². The van der Waals surface area contributed by atoms with Gasteiger partial charge in [0.05, 0.1) is 69.8 Å². The monoisotopic (exact) mass is 768 g/mol. The molecule has 16 nitrogen and oxygen atoms in total. The highest BCUT2D eigenvalue weighted by molar-refractivity contribution is 5.87. The lowest BCUT2D eigenvalue weighted by Crippen LogP contribution is -2.51. The summed E-state index contributed by atoms with van der Waals surface area (Å²) in [5.41, 5.74) is 5.59. The molecule has 4 aromatic rings. The molecular weight excluding hydrogens is 720 g/mol. The molecule has 3 aliphatic heterocycles. The van der Waals surface area contributed by atoms with Crippen LogP contribution < -0.4 is 10.6 Å².